The highest BCUT2D eigenvalue weighted by molar-refractivity contribution is 7.13. The van der Waals surface area contributed by atoms with Gasteiger partial charge < -0.3 is 15.1 Å². The molecule has 8 heteroatoms. The Kier molecular flexibility index (Phi) is 7.79. The maximum absolute atomic E-state index is 14.1. The lowest BCUT2D eigenvalue weighted by Gasteiger charge is -2.22. The first-order chi connectivity index (χ1) is 15.2. The van der Waals surface area contributed by atoms with Crippen LogP contribution in [0.4, 0.5) is 8.78 Å². The zero-order chi connectivity index (χ0) is 23.3. The Hall–Kier alpha value is -2.58. The average Bonchev–Trinajstić information content (AvgIpc) is 3.31. The Balaban J connectivity index is 1.59. The van der Waals surface area contributed by atoms with E-state index in [2.05, 4.69) is 0 Å². The van der Waals surface area contributed by atoms with E-state index in [0.29, 0.717) is 19.3 Å². The second-order valence-corrected chi connectivity index (χ2v) is 9.36. The van der Waals surface area contributed by atoms with E-state index in [1.165, 1.54) is 18.2 Å². The molecule has 1 aromatic carbocycles. The van der Waals surface area contributed by atoms with Crippen molar-refractivity contribution in [2.45, 2.75) is 50.7 Å². The van der Waals surface area contributed by atoms with Crippen molar-refractivity contribution in [3.05, 3.63) is 69.9 Å². The van der Waals surface area contributed by atoms with Crippen molar-refractivity contribution in [3.63, 3.8) is 0 Å². The fourth-order valence-corrected chi connectivity index (χ4v) is 4.74. The second-order valence-electron chi connectivity index (χ2n) is 8.19. The third-order valence-electron chi connectivity index (χ3n) is 5.65. The van der Waals surface area contributed by atoms with Gasteiger partial charge in [-0.05, 0) is 42.9 Å². The first-order valence-electron chi connectivity index (χ1n) is 10.6. The minimum atomic E-state index is -3.42. The van der Waals surface area contributed by atoms with Gasteiger partial charge in [-0.3, -0.25) is 4.79 Å². The van der Waals surface area contributed by atoms with Crippen LogP contribution in [0.1, 0.15) is 39.9 Å². The molecule has 172 valence electrons. The topological polar surface area (TPSA) is 77.8 Å². The van der Waals surface area contributed by atoms with Gasteiger partial charge in [0, 0.05) is 17.8 Å². The van der Waals surface area contributed by atoms with E-state index in [0.717, 1.165) is 26.7 Å². The van der Waals surface area contributed by atoms with Crippen molar-refractivity contribution in [1.82, 2.24) is 4.90 Å². The summed E-state index contributed by atoms with van der Waals surface area (Å²) in [5.74, 6) is -5.73. The summed E-state index contributed by atoms with van der Waals surface area (Å²) in [6.07, 6.45) is 3.19. The maximum atomic E-state index is 14.1. The fraction of sp³-hybridized carbons (Fsp3) is 0.417. The summed E-state index contributed by atoms with van der Waals surface area (Å²) in [6, 6.07) is 12.1. The number of aromatic carboxylic acids is 1. The molecule has 1 unspecified atom stereocenters. The fourth-order valence-electron chi connectivity index (χ4n) is 3.85. The van der Waals surface area contributed by atoms with Crippen molar-refractivity contribution >= 4 is 23.2 Å². The molecular formula is C24H27F2NO4S. The molecule has 0 aliphatic carbocycles. The zero-order valence-electron chi connectivity index (χ0n) is 17.8. The van der Waals surface area contributed by atoms with E-state index in [4.69, 9.17) is 5.11 Å². The number of carbonyl (C=O) groups is 2. The highest BCUT2D eigenvalue weighted by Crippen LogP contribution is 2.34. The van der Waals surface area contributed by atoms with Crippen molar-refractivity contribution in [2.24, 2.45) is 5.92 Å². The zero-order valence-corrected chi connectivity index (χ0v) is 18.6. The highest BCUT2D eigenvalue weighted by Gasteiger charge is 2.52. The van der Waals surface area contributed by atoms with Crippen LogP contribution >= 0.6 is 11.3 Å². The Morgan fingerprint density at radius 3 is 2.66 bits per heavy atom. The molecule has 2 N–H and O–H groups in total. The number of benzene rings is 1. The number of carbonyl (C=O) groups excluding carboxylic acids is 1. The molecule has 0 saturated carbocycles. The van der Waals surface area contributed by atoms with Crippen LogP contribution in [0.3, 0.4) is 0 Å². The normalized spacial score (nSPS) is 20.1. The number of halogens is 2. The minimum absolute atomic E-state index is 0.109. The van der Waals surface area contributed by atoms with Crippen LogP contribution in [0.5, 0.6) is 0 Å². The lowest BCUT2D eigenvalue weighted by atomic mass is 9.95. The molecule has 1 fully saturated rings. The number of nitrogens with zero attached hydrogens (tertiary/aromatic N) is 1. The Labute approximate surface area is 190 Å². The predicted octanol–water partition coefficient (Wildman–Crippen LogP) is 4.41. The smallest absolute Gasteiger partial charge is 0.345 e. The van der Waals surface area contributed by atoms with Crippen molar-refractivity contribution in [1.29, 1.82) is 0 Å². The quantitative estimate of drug-likeness (QED) is 0.512. The van der Waals surface area contributed by atoms with E-state index in [9.17, 15) is 23.5 Å². The van der Waals surface area contributed by atoms with E-state index in [1.807, 2.05) is 37.3 Å². The predicted molar refractivity (Wildman–Crippen MR) is 119 cm³/mol. The van der Waals surface area contributed by atoms with Crippen molar-refractivity contribution in [3.8, 4) is 0 Å². The Morgan fingerprint density at radius 2 is 2.00 bits per heavy atom. The van der Waals surface area contributed by atoms with Crippen LogP contribution in [0.15, 0.2) is 54.6 Å². The van der Waals surface area contributed by atoms with Gasteiger partial charge in [0.1, 0.15) is 4.88 Å². The van der Waals surface area contributed by atoms with Gasteiger partial charge in [0.2, 0.25) is 0 Å². The molecule has 1 aromatic heterocycles. The Bertz CT molecular complexity index is 960. The maximum Gasteiger partial charge on any atom is 0.345 e. The number of hydrogen-bond acceptors (Lipinski definition) is 4. The van der Waals surface area contributed by atoms with Crippen LogP contribution < -0.4 is 0 Å². The number of carboxylic acid groups (broad SMARTS) is 1. The van der Waals surface area contributed by atoms with Gasteiger partial charge in [-0.2, -0.15) is 8.78 Å². The van der Waals surface area contributed by atoms with Gasteiger partial charge in [-0.25, -0.2) is 4.79 Å². The Morgan fingerprint density at radius 1 is 1.28 bits per heavy atom. The van der Waals surface area contributed by atoms with Crippen molar-refractivity contribution in [2.75, 3.05) is 6.54 Å². The number of carboxylic acids is 1. The van der Waals surface area contributed by atoms with Gasteiger partial charge in [0.05, 0.1) is 12.1 Å². The number of likely N-dealkylation sites (tertiary alicyclic amines) is 1. The van der Waals surface area contributed by atoms with E-state index < -0.39 is 36.4 Å². The molecule has 5 nitrogen and oxygen atoms in total. The molecule has 1 saturated heterocycles. The molecule has 0 bridgehead atoms. The summed E-state index contributed by atoms with van der Waals surface area (Å²) in [7, 11) is 0. The first-order valence-corrected chi connectivity index (χ1v) is 11.4. The number of alkyl halides is 2. The lowest BCUT2D eigenvalue weighted by molar-refractivity contribution is -0.148. The summed E-state index contributed by atoms with van der Waals surface area (Å²) in [5.41, 5.74) is 1.08. The SMILES string of the molecule is C[C@H](Cc1ccccc1)[C@H](O)C=CC1CC(F)(F)C(=O)N1CCCc1ccc(C(=O)O)s1. The molecule has 1 amide bonds. The summed E-state index contributed by atoms with van der Waals surface area (Å²) < 4.78 is 28.2. The monoisotopic (exact) mass is 463 g/mol. The number of amides is 1. The standard InChI is InChI=1S/C24H27F2NO4S/c1-16(14-17-6-3-2-4-7-17)20(28)11-9-18-15-24(25,26)23(31)27(18)13-5-8-19-10-12-21(32-19)22(29)30/h2-4,6-7,9-12,16,18,20,28H,5,8,13-15H2,1H3,(H,29,30)/t16-,18?,20-/m1/s1. The molecule has 0 spiro atoms. The van der Waals surface area contributed by atoms with E-state index >= 15 is 0 Å². The molecule has 3 rings (SSSR count). The first kappa shape index (κ1) is 24.1. The van der Waals surface area contributed by atoms with Gasteiger partial charge in [0.25, 0.3) is 5.91 Å². The van der Waals surface area contributed by atoms with Crippen LogP contribution in [0.2, 0.25) is 0 Å². The molecule has 0 radical (unpaired) electrons. The largest absolute Gasteiger partial charge is 0.477 e. The second kappa shape index (κ2) is 10.4. The van der Waals surface area contributed by atoms with E-state index in [1.54, 1.807) is 6.07 Å². The molecule has 32 heavy (non-hydrogen) atoms. The summed E-state index contributed by atoms with van der Waals surface area (Å²) in [5, 5.41) is 19.5. The lowest BCUT2D eigenvalue weighted by Crippen LogP contribution is -2.37. The van der Waals surface area contributed by atoms with Crippen LogP contribution in [0.25, 0.3) is 0 Å². The molecule has 2 heterocycles. The molecule has 1 aliphatic rings. The van der Waals surface area contributed by atoms with Gasteiger partial charge in [-0.1, -0.05) is 49.4 Å². The molecule has 1 aliphatic heterocycles. The molecule has 2 aromatic rings. The number of aliphatic hydroxyl groups is 1. The molecular weight excluding hydrogens is 436 g/mol. The highest BCUT2D eigenvalue weighted by atomic mass is 32.1. The van der Waals surface area contributed by atoms with Gasteiger partial charge >= 0.3 is 11.9 Å². The van der Waals surface area contributed by atoms with Gasteiger partial charge in [0.15, 0.2) is 0 Å². The summed E-state index contributed by atoms with van der Waals surface area (Å²) >= 11 is 1.14. The van der Waals surface area contributed by atoms with E-state index in [-0.39, 0.29) is 17.3 Å². The third kappa shape index (κ3) is 6.01. The molecule has 3 atom stereocenters. The summed E-state index contributed by atoms with van der Waals surface area (Å²) in [6.45, 7) is 2.03. The van der Waals surface area contributed by atoms with Crippen molar-refractivity contribution < 1.29 is 28.6 Å². The van der Waals surface area contributed by atoms with Crippen LogP contribution in [-0.4, -0.2) is 51.6 Å². The average molecular weight is 464 g/mol. The van der Waals surface area contributed by atoms with Gasteiger partial charge in [-0.15, -0.1) is 11.3 Å². The number of aryl methyl sites for hydroxylation is 1. The summed E-state index contributed by atoms with van der Waals surface area (Å²) in [4.78, 5) is 25.4. The van der Waals surface area contributed by atoms with Crippen LogP contribution in [0, 0.1) is 5.92 Å². The minimum Gasteiger partial charge on any atom is -0.477 e. The number of hydrogen-bond donors (Lipinski definition) is 2. The number of rotatable bonds is 10. The van der Waals surface area contributed by atoms with Crippen LogP contribution in [-0.2, 0) is 17.6 Å². The number of thiophene rings is 1. The third-order valence-corrected chi connectivity index (χ3v) is 6.78. The number of aliphatic hydroxyl groups excluding tert-OH is 1.